The van der Waals surface area contributed by atoms with Crippen LogP contribution in [0.2, 0.25) is 0 Å². The summed E-state index contributed by atoms with van der Waals surface area (Å²) >= 11 is 10.5. The predicted molar refractivity (Wildman–Crippen MR) is 128 cm³/mol. The molecule has 2 aliphatic heterocycles. The number of hydrogen-bond donors (Lipinski definition) is 4. The van der Waals surface area contributed by atoms with E-state index in [1.54, 1.807) is 0 Å². The van der Waals surface area contributed by atoms with Gasteiger partial charge in [-0.25, -0.2) is 0 Å². The van der Waals surface area contributed by atoms with Crippen molar-refractivity contribution in [3.8, 4) is 0 Å². The zero-order valence-corrected chi connectivity index (χ0v) is 19.5. The highest BCUT2D eigenvalue weighted by Gasteiger charge is 2.10. The lowest BCUT2D eigenvalue weighted by Crippen LogP contribution is -2.43. The molecule has 2 saturated heterocycles. The Labute approximate surface area is 189 Å². The third-order valence-electron chi connectivity index (χ3n) is 4.81. The Morgan fingerprint density at radius 2 is 1.10 bits per heavy atom. The highest BCUT2D eigenvalue weighted by atomic mass is 32.1. The second-order valence-corrected chi connectivity index (χ2v) is 7.85. The van der Waals surface area contributed by atoms with Gasteiger partial charge in [0.2, 0.25) is 0 Å². The molecule has 0 unspecified atom stereocenters. The molecule has 0 atom stereocenters. The van der Waals surface area contributed by atoms with Crippen LogP contribution in [0.25, 0.3) is 0 Å². The molecular formula is C18H34N8O2S2. The van der Waals surface area contributed by atoms with Crippen LogP contribution < -0.4 is 21.5 Å². The SMILES string of the molecule is CC(=N\NC(=S)NCCN1CCOCC1)/C(C)=N/NC(=S)NCCN1CCOCC1. The first-order chi connectivity index (χ1) is 14.5. The smallest absolute Gasteiger partial charge is 0.187 e. The molecule has 4 N–H and O–H groups in total. The molecule has 0 aromatic carbocycles. The number of thiocarbonyl (C=S) groups is 2. The zero-order chi connectivity index (χ0) is 21.6. The van der Waals surface area contributed by atoms with Gasteiger partial charge in [0.1, 0.15) is 0 Å². The normalized spacial score (nSPS) is 19.3. The minimum absolute atomic E-state index is 0.490. The maximum atomic E-state index is 5.34. The highest BCUT2D eigenvalue weighted by molar-refractivity contribution is 7.80. The third kappa shape index (κ3) is 10.5. The fourth-order valence-corrected chi connectivity index (χ4v) is 3.11. The number of nitrogens with one attached hydrogen (secondary N) is 4. The third-order valence-corrected chi connectivity index (χ3v) is 5.28. The first-order valence-electron chi connectivity index (χ1n) is 10.3. The van der Waals surface area contributed by atoms with Gasteiger partial charge in [0.25, 0.3) is 0 Å². The Balaban J connectivity index is 1.58. The summed E-state index contributed by atoms with van der Waals surface area (Å²) in [4.78, 5) is 4.68. The molecule has 0 aromatic heterocycles. The Hall–Kier alpha value is -1.44. The Morgan fingerprint density at radius 1 is 0.733 bits per heavy atom. The minimum Gasteiger partial charge on any atom is -0.379 e. The van der Waals surface area contributed by atoms with Crippen molar-refractivity contribution < 1.29 is 9.47 Å². The van der Waals surface area contributed by atoms with Crippen molar-refractivity contribution in [2.24, 2.45) is 10.2 Å². The Kier molecular flexibility index (Phi) is 12.0. The van der Waals surface area contributed by atoms with Crippen LogP contribution in [0.4, 0.5) is 0 Å². The molecule has 170 valence electrons. The topological polar surface area (TPSA) is 97.8 Å². The molecule has 0 saturated carbocycles. The zero-order valence-electron chi connectivity index (χ0n) is 17.9. The lowest BCUT2D eigenvalue weighted by molar-refractivity contribution is 0.0388. The van der Waals surface area contributed by atoms with Crippen molar-refractivity contribution in [3.05, 3.63) is 0 Å². The van der Waals surface area contributed by atoms with E-state index in [0.717, 1.165) is 90.2 Å². The van der Waals surface area contributed by atoms with Crippen LogP contribution in [0, 0.1) is 0 Å². The van der Waals surface area contributed by atoms with Gasteiger partial charge in [-0.2, -0.15) is 10.2 Å². The van der Waals surface area contributed by atoms with Gasteiger partial charge >= 0.3 is 0 Å². The standard InChI is InChI=1S/C18H34N8O2S2/c1-15(21-23-17(29)19-3-5-25-7-11-27-12-8-25)16(2)22-24-18(30)20-4-6-26-9-13-28-14-10-26/h3-14H2,1-2H3,(H2,19,23,29)(H2,20,24,30)/b21-15+,22-16+. The van der Waals surface area contributed by atoms with E-state index in [1.165, 1.54) is 0 Å². The molecule has 30 heavy (non-hydrogen) atoms. The lowest BCUT2D eigenvalue weighted by Gasteiger charge is -2.26. The highest BCUT2D eigenvalue weighted by Crippen LogP contribution is 1.95. The van der Waals surface area contributed by atoms with Gasteiger partial charge in [0.15, 0.2) is 10.2 Å². The van der Waals surface area contributed by atoms with E-state index in [1.807, 2.05) is 13.8 Å². The van der Waals surface area contributed by atoms with Crippen molar-refractivity contribution in [1.82, 2.24) is 31.3 Å². The second-order valence-electron chi connectivity index (χ2n) is 7.04. The van der Waals surface area contributed by atoms with Crippen molar-refractivity contribution >= 4 is 46.1 Å². The first-order valence-corrected chi connectivity index (χ1v) is 11.1. The van der Waals surface area contributed by atoms with Crippen LogP contribution in [0.3, 0.4) is 0 Å². The van der Waals surface area contributed by atoms with Gasteiger partial charge in [0.05, 0.1) is 37.9 Å². The van der Waals surface area contributed by atoms with E-state index >= 15 is 0 Å². The molecular weight excluding hydrogens is 424 g/mol. The molecule has 2 heterocycles. The summed E-state index contributed by atoms with van der Waals surface area (Å²) in [6.45, 7) is 14.1. The van der Waals surface area contributed by atoms with E-state index in [2.05, 4.69) is 41.5 Å². The van der Waals surface area contributed by atoms with Crippen molar-refractivity contribution in [2.45, 2.75) is 13.8 Å². The number of nitrogens with zero attached hydrogens (tertiary/aromatic N) is 4. The molecule has 0 aliphatic carbocycles. The van der Waals surface area contributed by atoms with E-state index in [4.69, 9.17) is 33.9 Å². The van der Waals surface area contributed by atoms with E-state index < -0.39 is 0 Å². The van der Waals surface area contributed by atoms with Crippen LogP contribution in [0.5, 0.6) is 0 Å². The first kappa shape index (κ1) is 24.8. The molecule has 2 rings (SSSR count). The number of ether oxygens (including phenoxy) is 2. The fourth-order valence-electron chi connectivity index (χ4n) is 2.81. The summed E-state index contributed by atoms with van der Waals surface area (Å²) in [5, 5.41) is 15.8. The fraction of sp³-hybridized carbons (Fsp3) is 0.778. The van der Waals surface area contributed by atoms with E-state index in [9.17, 15) is 0 Å². The van der Waals surface area contributed by atoms with Crippen LogP contribution in [-0.2, 0) is 9.47 Å². The largest absolute Gasteiger partial charge is 0.379 e. The molecule has 0 bridgehead atoms. The molecule has 2 fully saturated rings. The molecule has 2 aliphatic rings. The monoisotopic (exact) mass is 458 g/mol. The quantitative estimate of drug-likeness (QED) is 0.202. The van der Waals surface area contributed by atoms with Crippen molar-refractivity contribution in [2.75, 3.05) is 78.8 Å². The minimum atomic E-state index is 0.490. The molecule has 10 nitrogen and oxygen atoms in total. The average molecular weight is 459 g/mol. The van der Waals surface area contributed by atoms with Gasteiger partial charge in [-0.05, 0) is 38.3 Å². The maximum absolute atomic E-state index is 5.34. The molecule has 0 amide bonds. The van der Waals surface area contributed by atoms with Gasteiger partial charge in [-0.1, -0.05) is 0 Å². The number of rotatable bonds is 9. The summed E-state index contributed by atoms with van der Waals surface area (Å²) in [5.41, 5.74) is 7.14. The van der Waals surface area contributed by atoms with Crippen molar-refractivity contribution in [1.29, 1.82) is 0 Å². The van der Waals surface area contributed by atoms with Crippen LogP contribution >= 0.6 is 24.4 Å². The van der Waals surface area contributed by atoms with Crippen LogP contribution in [0.1, 0.15) is 13.8 Å². The molecule has 0 spiro atoms. The Morgan fingerprint density at radius 3 is 1.47 bits per heavy atom. The number of hydrazone groups is 2. The summed E-state index contributed by atoms with van der Waals surface area (Å²) < 4.78 is 10.7. The van der Waals surface area contributed by atoms with Crippen LogP contribution in [0.15, 0.2) is 10.2 Å². The maximum Gasteiger partial charge on any atom is 0.187 e. The summed E-state index contributed by atoms with van der Waals surface area (Å²) in [6, 6.07) is 0. The van der Waals surface area contributed by atoms with Gasteiger partial charge in [-0.15, -0.1) is 0 Å². The molecule has 12 heteroatoms. The summed E-state index contributed by atoms with van der Waals surface area (Å²) in [7, 11) is 0. The summed E-state index contributed by atoms with van der Waals surface area (Å²) in [5.74, 6) is 0. The molecule has 0 radical (unpaired) electrons. The van der Waals surface area contributed by atoms with Gasteiger partial charge in [-0.3, -0.25) is 20.7 Å². The van der Waals surface area contributed by atoms with Gasteiger partial charge < -0.3 is 20.1 Å². The van der Waals surface area contributed by atoms with E-state index in [-0.39, 0.29) is 0 Å². The average Bonchev–Trinajstić information content (AvgIpc) is 2.77. The Bertz CT molecular complexity index is 553. The predicted octanol–water partition coefficient (Wildman–Crippen LogP) is -0.669. The second kappa shape index (κ2) is 14.5. The van der Waals surface area contributed by atoms with E-state index in [0.29, 0.717) is 10.2 Å². The summed E-state index contributed by atoms with van der Waals surface area (Å²) in [6.07, 6.45) is 0. The number of hydrogen-bond acceptors (Lipinski definition) is 8. The van der Waals surface area contributed by atoms with Gasteiger partial charge in [0, 0.05) is 52.4 Å². The van der Waals surface area contributed by atoms with Crippen LogP contribution in [-0.4, -0.2) is 110 Å². The lowest BCUT2D eigenvalue weighted by atomic mass is 10.3. The molecule has 0 aromatic rings. The van der Waals surface area contributed by atoms with Crippen molar-refractivity contribution in [3.63, 3.8) is 0 Å². The number of morpholine rings is 2.